The molecule has 0 aliphatic carbocycles. The summed E-state index contributed by atoms with van der Waals surface area (Å²) in [6.45, 7) is 12.9. The number of hydrogen-bond donors (Lipinski definition) is 1. The summed E-state index contributed by atoms with van der Waals surface area (Å²) in [5.74, 6) is 1.48. The zero-order valence-corrected chi connectivity index (χ0v) is 13.0. The highest BCUT2D eigenvalue weighted by Crippen LogP contribution is 2.14. The number of nitrogens with zero attached hydrogens (tertiary/aromatic N) is 3. The minimum Gasteiger partial charge on any atom is -0.375 e. The van der Waals surface area contributed by atoms with Crippen molar-refractivity contribution in [2.45, 2.75) is 40.3 Å². The van der Waals surface area contributed by atoms with Gasteiger partial charge in [-0.3, -0.25) is 0 Å². The van der Waals surface area contributed by atoms with Gasteiger partial charge in [-0.2, -0.15) is 0 Å². The van der Waals surface area contributed by atoms with Gasteiger partial charge in [-0.15, -0.1) is 0 Å². The first kappa shape index (κ1) is 15.2. The molecular formula is C15H26N4O. The van der Waals surface area contributed by atoms with E-state index in [2.05, 4.69) is 47.9 Å². The SMILES string of the molecule is Cc1nc(N2CCOC(C)C2)ncc1CNCC(C)C. The predicted molar refractivity (Wildman–Crippen MR) is 80.9 cm³/mol. The Hall–Kier alpha value is -1.20. The van der Waals surface area contributed by atoms with Gasteiger partial charge in [-0.05, 0) is 26.3 Å². The third-order valence-electron chi connectivity index (χ3n) is 3.46. The quantitative estimate of drug-likeness (QED) is 0.889. The van der Waals surface area contributed by atoms with Crippen LogP contribution in [-0.4, -0.2) is 42.3 Å². The molecule has 1 aromatic heterocycles. The van der Waals surface area contributed by atoms with E-state index < -0.39 is 0 Å². The monoisotopic (exact) mass is 278 g/mol. The van der Waals surface area contributed by atoms with Gasteiger partial charge in [0.1, 0.15) is 0 Å². The fraction of sp³-hybridized carbons (Fsp3) is 0.733. The Balaban J connectivity index is 1.98. The molecule has 20 heavy (non-hydrogen) atoms. The average molecular weight is 278 g/mol. The van der Waals surface area contributed by atoms with Crippen molar-refractivity contribution in [2.24, 2.45) is 5.92 Å². The van der Waals surface area contributed by atoms with Crippen LogP contribution in [0.5, 0.6) is 0 Å². The van der Waals surface area contributed by atoms with Gasteiger partial charge in [0, 0.05) is 37.1 Å². The molecule has 1 fully saturated rings. The number of hydrogen-bond acceptors (Lipinski definition) is 5. The van der Waals surface area contributed by atoms with Crippen molar-refractivity contribution >= 4 is 5.95 Å². The third kappa shape index (κ3) is 4.15. The van der Waals surface area contributed by atoms with Crippen molar-refractivity contribution in [1.82, 2.24) is 15.3 Å². The van der Waals surface area contributed by atoms with Gasteiger partial charge >= 0.3 is 0 Å². The van der Waals surface area contributed by atoms with E-state index in [1.807, 2.05) is 6.20 Å². The molecule has 1 aliphatic heterocycles. The van der Waals surface area contributed by atoms with Crippen molar-refractivity contribution in [2.75, 3.05) is 31.1 Å². The second-order valence-corrected chi connectivity index (χ2v) is 5.93. The summed E-state index contributed by atoms with van der Waals surface area (Å²) in [5.41, 5.74) is 2.24. The maximum atomic E-state index is 5.55. The Kier molecular flexibility index (Phi) is 5.31. The van der Waals surface area contributed by atoms with Gasteiger partial charge in [-0.1, -0.05) is 13.8 Å². The van der Waals surface area contributed by atoms with Crippen molar-refractivity contribution in [3.05, 3.63) is 17.5 Å². The molecule has 1 unspecified atom stereocenters. The van der Waals surface area contributed by atoms with E-state index in [0.717, 1.165) is 44.4 Å². The molecule has 0 radical (unpaired) electrons. The van der Waals surface area contributed by atoms with E-state index in [1.165, 1.54) is 5.56 Å². The van der Waals surface area contributed by atoms with Crippen molar-refractivity contribution in [3.63, 3.8) is 0 Å². The van der Waals surface area contributed by atoms with E-state index >= 15 is 0 Å². The van der Waals surface area contributed by atoms with Crippen LogP contribution >= 0.6 is 0 Å². The maximum Gasteiger partial charge on any atom is 0.225 e. The van der Waals surface area contributed by atoms with Gasteiger partial charge < -0.3 is 15.0 Å². The van der Waals surface area contributed by atoms with Crippen molar-refractivity contribution in [1.29, 1.82) is 0 Å². The molecule has 1 N–H and O–H groups in total. The first-order valence-electron chi connectivity index (χ1n) is 7.46. The zero-order chi connectivity index (χ0) is 14.5. The second-order valence-electron chi connectivity index (χ2n) is 5.93. The van der Waals surface area contributed by atoms with Gasteiger partial charge in [0.25, 0.3) is 0 Å². The zero-order valence-electron chi connectivity index (χ0n) is 13.0. The smallest absolute Gasteiger partial charge is 0.225 e. The number of morpholine rings is 1. The van der Waals surface area contributed by atoms with Crippen molar-refractivity contribution < 1.29 is 4.74 Å². The third-order valence-corrected chi connectivity index (χ3v) is 3.46. The van der Waals surface area contributed by atoms with Crippen LogP contribution in [0.1, 0.15) is 32.0 Å². The Morgan fingerprint density at radius 1 is 1.50 bits per heavy atom. The lowest BCUT2D eigenvalue weighted by Crippen LogP contribution is -2.42. The highest BCUT2D eigenvalue weighted by molar-refractivity contribution is 5.33. The lowest BCUT2D eigenvalue weighted by atomic mass is 10.2. The Morgan fingerprint density at radius 2 is 2.30 bits per heavy atom. The number of anilines is 1. The number of rotatable bonds is 5. The summed E-state index contributed by atoms with van der Waals surface area (Å²) in [6.07, 6.45) is 2.20. The minimum absolute atomic E-state index is 0.250. The second kappa shape index (κ2) is 6.99. The Labute approximate surface area is 121 Å². The molecule has 112 valence electrons. The van der Waals surface area contributed by atoms with Crippen molar-refractivity contribution in [3.8, 4) is 0 Å². The van der Waals surface area contributed by atoms with Crippen LogP contribution in [0.25, 0.3) is 0 Å². The van der Waals surface area contributed by atoms with E-state index in [0.29, 0.717) is 5.92 Å². The first-order valence-corrected chi connectivity index (χ1v) is 7.46. The van der Waals surface area contributed by atoms with Crippen LogP contribution in [0.15, 0.2) is 6.20 Å². The molecule has 1 saturated heterocycles. The summed E-state index contributed by atoms with van der Waals surface area (Å²) in [4.78, 5) is 11.4. The predicted octanol–water partition coefficient (Wildman–Crippen LogP) is 1.76. The number of aromatic nitrogens is 2. The van der Waals surface area contributed by atoms with Crippen LogP contribution in [0, 0.1) is 12.8 Å². The summed E-state index contributed by atoms with van der Waals surface area (Å²) >= 11 is 0. The van der Waals surface area contributed by atoms with E-state index in [-0.39, 0.29) is 6.10 Å². The number of ether oxygens (including phenoxy) is 1. The molecule has 2 heterocycles. The summed E-state index contributed by atoms with van der Waals surface area (Å²) < 4.78 is 5.55. The largest absolute Gasteiger partial charge is 0.375 e. The number of aryl methyl sites for hydroxylation is 1. The Bertz CT molecular complexity index is 436. The molecule has 1 atom stereocenters. The van der Waals surface area contributed by atoms with Crippen LogP contribution in [0.4, 0.5) is 5.95 Å². The molecule has 0 aromatic carbocycles. The molecular weight excluding hydrogens is 252 g/mol. The molecule has 5 nitrogen and oxygen atoms in total. The normalized spacial score (nSPS) is 19.6. The van der Waals surface area contributed by atoms with Gasteiger partial charge in [0.05, 0.1) is 12.7 Å². The fourth-order valence-corrected chi connectivity index (χ4v) is 2.30. The molecule has 1 aliphatic rings. The van der Waals surface area contributed by atoms with E-state index in [9.17, 15) is 0 Å². The molecule has 5 heteroatoms. The molecule has 0 saturated carbocycles. The summed E-state index contributed by atoms with van der Waals surface area (Å²) in [6, 6.07) is 0. The molecule has 0 amide bonds. The van der Waals surface area contributed by atoms with Crippen LogP contribution < -0.4 is 10.2 Å². The van der Waals surface area contributed by atoms with E-state index in [1.54, 1.807) is 0 Å². The number of nitrogens with one attached hydrogen (secondary N) is 1. The Morgan fingerprint density at radius 3 is 2.95 bits per heavy atom. The molecule has 1 aromatic rings. The lowest BCUT2D eigenvalue weighted by molar-refractivity contribution is 0.0526. The molecule has 0 spiro atoms. The highest BCUT2D eigenvalue weighted by atomic mass is 16.5. The molecule has 2 rings (SSSR count). The first-order chi connectivity index (χ1) is 9.56. The standard InChI is InChI=1S/C15H26N4O/c1-11(2)7-16-8-14-9-17-15(18-13(14)4)19-5-6-20-12(3)10-19/h9,11-12,16H,5-8,10H2,1-4H3. The van der Waals surface area contributed by atoms with Crippen LogP contribution in [-0.2, 0) is 11.3 Å². The molecule has 0 bridgehead atoms. The van der Waals surface area contributed by atoms with Crippen LogP contribution in [0.2, 0.25) is 0 Å². The lowest BCUT2D eigenvalue weighted by Gasteiger charge is -2.31. The minimum atomic E-state index is 0.250. The highest BCUT2D eigenvalue weighted by Gasteiger charge is 2.19. The van der Waals surface area contributed by atoms with Gasteiger partial charge in [-0.25, -0.2) is 9.97 Å². The summed E-state index contributed by atoms with van der Waals surface area (Å²) in [5, 5.41) is 3.43. The summed E-state index contributed by atoms with van der Waals surface area (Å²) in [7, 11) is 0. The topological polar surface area (TPSA) is 50.3 Å². The van der Waals surface area contributed by atoms with Gasteiger partial charge in [0.2, 0.25) is 5.95 Å². The van der Waals surface area contributed by atoms with E-state index in [4.69, 9.17) is 4.74 Å². The average Bonchev–Trinajstić information content (AvgIpc) is 2.40. The van der Waals surface area contributed by atoms with Crippen LogP contribution in [0.3, 0.4) is 0 Å². The maximum absolute atomic E-state index is 5.55. The van der Waals surface area contributed by atoms with Gasteiger partial charge in [0.15, 0.2) is 0 Å². The fourth-order valence-electron chi connectivity index (χ4n) is 2.30.